The number of aliphatic hydroxyl groups excluding tert-OH is 1. The first-order valence-corrected chi connectivity index (χ1v) is 34.6. The van der Waals surface area contributed by atoms with Gasteiger partial charge in [-0.05, 0) is 148 Å². The van der Waals surface area contributed by atoms with Crippen molar-refractivity contribution in [3.8, 4) is 0 Å². The number of hydrogen-bond donors (Lipinski definition) is 1. The van der Waals surface area contributed by atoms with E-state index in [1.165, 1.54) is 77.0 Å². The first-order chi connectivity index (χ1) is 42.6. The summed E-state index contributed by atoms with van der Waals surface area (Å²) in [5.74, 6) is -0.624. The topological polar surface area (TPSA) is 72.8 Å². The van der Waals surface area contributed by atoms with Crippen LogP contribution in [-0.2, 0) is 19.1 Å². The molecule has 0 fully saturated rings. The Kier molecular flexibility index (Phi) is 69.0. The van der Waals surface area contributed by atoms with Crippen molar-refractivity contribution in [2.45, 2.75) is 277 Å². The largest absolute Gasteiger partial charge is 0.462 e. The lowest BCUT2D eigenvalue weighted by Gasteiger charge is -2.15. The zero-order valence-corrected chi connectivity index (χ0v) is 55.0. The van der Waals surface area contributed by atoms with Crippen LogP contribution >= 0.6 is 0 Å². The molecule has 0 amide bonds. The van der Waals surface area contributed by atoms with Gasteiger partial charge in [0.15, 0.2) is 6.10 Å². The second kappa shape index (κ2) is 73.7. The fraction of sp³-hybridized carbons (Fsp3) is 0.556. The van der Waals surface area contributed by atoms with Gasteiger partial charge in [-0.25, -0.2) is 0 Å². The summed E-state index contributed by atoms with van der Waals surface area (Å²) in [5.41, 5.74) is 0. The van der Waals surface area contributed by atoms with Crippen LogP contribution in [0.1, 0.15) is 271 Å². The molecule has 86 heavy (non-hydrogen) atoms. The first kappa shape index (κ1) is 80.5. The second-order valence-corrected chi connectivity index (χ2v) is 22.1. The highest BCUT2D eigenvalue weighted by Crippen LogP contribution is 2.15. The van der Waals surface area contributed by atoms with Gasteiger partial charge in [-0.15, -0.1) is 0 Å². The maximum atomic E-state index is 12.4. The van der Waals surface area contributed by atoms with E-state index >= 15 is 0 Å². The molecule has 0 aliphatic heterocycles. The highest BCUT2D eigenvalue weighted by Gasteiger charge is 2.16. The van der Waals surface area contributed by atoms with Crippen LogP contribution in [0.15, 0.2) is 207 Å². The van der Waals surface area contributed by atoms with Crippen molar-refractivity contribution in [1.82, 2.24) is 0 Å². The number of allylic oxidation sites excluding steroid dienone is 34. The average molecular weight is 1180 g/mol. The lowest BCUT2D eigenvalue weighted by atomic mass is 10.0. The summed E-state index contributed by atoms with van der Waals surface area (Å²) in [4.78, 5) is 24.7. The lowest BCUT2D eigenvalue weighted by molar-refractivity contribution is -0.161. The third-order valence-electron chi connectivity index (χ3n) is 14.1. The van der Waals surface area contributed by atoms with Crippen LogP contribution in [0.5, 0.6) is 0 Å². The smallest absolute Gasteiger partial charge is 0.306 e. The molecule has 0 rings (SSSR count). The Balaban J connectivity index is 3.62. The highest BCUT2D eigenvalue weighted by atomic mass is 16.6. The number of carbonyl (C=O) groups is 2. The van der Waals surface area contributed by atoms with Gasteiger partial charge in [0, 0.05) is 12.8 Å². The molecule has 0 saturated carbocycles. The van der Waals surface area contributed by atoms with Crippen LogP contribution in [0.4, 0.5) is 0 Å². The minimum Gasteiger partial charge on any atom is -0.462 e. The average Bonchev–Trinajstić information content (AvgIpc) is 3.55. The van der Waals surface area contributed by atoms with E-state index in [2.05, 4.69) is 220 Å². The van der Waals surface area contributed by atoms with Gasteiger partial charge in [0.25, 0.3) is 0 Å². The third kappa shape index (κ3) is 71.0. The molecule has 0 bridgehead atoms. The van der Waals surface area contributed by atoms with Gasteiger partial charge in [-0.3, -0.25) is 9.59 Å². The molecule has 480 valence electrons. The predicted molar refractivity (Wildman–Crippen MR) is 379 cm³/mol. The van der Waals surface area contributed by atoms with E-state index in [1.807, 2.05) is 0 Å². The van der Waals surface area contributed by atoms with E-state index in [4.69, 9.17) is 9.47 Å². The maximum absolute atomic E-state index is 12.4. The van der Waals surface area contributed by atoms with Crippen molar-refractivity contribution in [2.75, 3.05) is 13.2 Å². The quantitative estimate of drug-likeness (QED) is 0.0373. The molecule has 1 atom stereocenters. The van der Waals surface area contributed by atoms with Gasteiger partial charge in [0.05, 0.1) is 6.61 Å². The van der Waals surface area contributed by atoms with Gasteiger partial charge < -0.3 is 14.6 Å². The van der Waals surface area contributed by atoms with Gasteiger partial charge in [-0.2, -0.15) is 0 Å². The van der Waals surface area contributed by atoms with Crippen molar-refractivity contribution < 1.29 is 24.2 Å². The summed E-state index contributed by atoms with van der Waals surface area (Å²) in [6.45, 7) is 3.89. The van der Waals surface area contributed by atoms with Crippen LogP contribution in [0, 0.1) is 0 Å². The second-order valence-electron chi connectivity index (χ2n) is 22.1. The Bertz CT molecular complexity index is 2020. The van der Waals surface area contributed by atoms with Crippen molar-refractivity contribution in [2.24, 2.45) is 0 Å². The van der Waals surface area contributed by atoms with Crippen LogP contribution in [-0.4, -0.2) is 36.4 Å². The molecule has 0 aliphatic carbocycles. The number of rotatable bonds is 61. The predicted octanol–water partition coefficient (Wildman–Crippen LogP) is 24.5. The summed E-state index contributed by atoms with van der Waals surface area (Å²) in [5, 5.41) is 9.70. The van der Waals surface area contributed by atoms with E-state index in [0.717, 1.165) is 167 Å². The van der Waals surface area contributed by atoms with E-state index in [-0.39, 0.29) is 25.2 Å². The first-order valence-electron chi connectivity index (χ1n) is 34.6. The molecule has 5 heteroatoms. The molecular formula is C81H126O5. The van der Waals surface area contributed by atoms with Crippen molar-refractivity contribution in [1.29, 1.82) is 0 Å². The summed E-state index contributed by atoms with van der Waals surface area (Å²) in [6, 6.07) is 0. The summed E-state index contributed by atoms with van der Waals surface area (Å²) < 4.78 is 10.7. The van der Waals surface area contributed by atoms with Crippen LogP contribution in [0.3, 0.4) is 0 Å². The van der Waals surface area contributed by atoms with Crippen LogP contribution in [0.25, 0.3) is 0 Å². The number of carbonyl (C=O) groups excluding carboxylic acids is 2. The molecule has 1 N–H and O–H groups in total. The summed E-state index contributed by atoms with van der Waals surface area (Å²) >= 11 is 0. The fourth-order valence-electron chi connectivity index (χ4n) is 8.98. The molecule has 0 radical (unpaired) electrons. The number of ether oxygens (including phenoxy) is 2. The summed E-state index contributed by atoms with van der Waals surface area (Å²) in [7, 11) is 0. The molecule has 5 nitrogen and oxygen atoms in total. The van der Waals surface area contributed by atoms with E-state index in [0.29, 0.717) is 12.8 Å². The molecule has 0 aromatic heterocycles. The Hall–Kier alpha value is -5.52. The van der Waals surface area contributed by atoms with E-state index in [1.54, 1.807) is 0 Å². The van der Waals surface area contributed by atoms with E-state index < -0.39 is 6.10 Å². The normalized spacial score (nSPS) is 13.6. The lowest BCUT2D eigenvalue weighted by Crippen LogP contribution is -2.28. The molecule has 0 heterocycles. The third-order valence-corrected chi connectivity index (χ3v) is 14.1. The Morgan fingerprint density at radius 1 is 0.267 bits per heavy atom. The molecule has 0 spiro atoms. The molecule has 1 unspecified atom stereocenters. The van der Waals surface area contributed by atoms with Gasteiger partial charge in [-0.1, -0.05) is 317 Å². The molecular weight excluding hydrogens is 1050 g/mol. The van der Waals surface area contributed by atoms with Gasteiger partial charge in [0.1, 0.15) is 6.61 Å². The number of hydrogen-bond acceptors (Lipinski definition) is 5. The zero-order chi connectivity index (χ0) is 61.9. The number of aliphatic hydroxyl groups is 1. The minimum atomic E-state index is -0.800. The molecule has 0 aliphatic rings. The number of unbranched alkanes of at least 4 members (excludes halogenated alkanes) is 19. The fourth-order valence-corrected chi connectivity index (χ4v) is 8.98. The SMILES string of the molecule is CC/C=C\C/C=C\C/C=C\C/C=C\C/C=C\C/C=C\C/C=C\C/C=C\C/C=C\C/C=C\C/C=C\CCCCCCCC(=O)OC(CO)COC(=O)CCCCCCCCCCCCCCCC/C=C\C/C=C\C/C=C\C/C=C\C/C=C\C/C=C\CC. The van der Waals surface area contributed by atoms with Crippen molar-refractivity contribution >= 4 is 11.9 Å². The number of esters is 2. The van der Waals surface area contributed by atoms with Crippen molar-refractivity contribution in [3.05, 3.63) is 207 Å². The van der Waals surface area contributed by atoms with Crippen molar-refractivity contribution in [3.63, 3.8) is 0 Å². The Labute approximate surface area is 530 Å². The summed E-state index contributed by atoms with van der Waals surface area (Å²) in [6.07, 6.45) is 118. The van der Waals surface area contributed by atoms with Crippen LogP contribution in [0.2, 0.25) is 0 Å². The van der Waals surface area contributed by atoms with Crippen LogP contribution < -0.4 is 0 Å². The van der Waals surface area contributed by atoms with Gasteiger partial charge in [0.2, 0.25) is 0 Å². The highest BCUT2D eigenvalue weighted by molar-refractivity contribution is 5.70. The molecule has 0 saturated heterocycles. The Morgan fingerprint density at radius 2 is 0.465 bits per heavy atom. The van der Waals surface area contributed by atoms with Gasteiger partial charge >= 0.3 is 11.9 Å². The standard InChI is InChI=1S/C81H126O5/c1-3-5-7-9-11-13-15-17-19-21-23-25-27-29-31-33-35-37-38-39-40-41-42-44-46-48-50-52-54-56-58-60-62-64-66-68-70-72-74-76-81(84)86-79(77-82)78-85-80(83)75-73-71-69-67-65-63-61-59-57-55-53-51-49-47-45-43-36-34-32-30-28-26-24-22-20-18-16-14-12-10-8-6-4-2/h5-8,11-14,17-20,23-26,29-32,35-37,39-40,42-44,48,50,54,56,60,62,79,82H,3-4,9-10,15-16,21-22,27-28,33-34,38,41,45-47,49,51-53,55,57-59,61,63-78H2,1-2H3/b7-5-,8-6-,13-11-,14-12-,19-17-,20-18-,25-23-,26-24-,31-29-,32-30-,37-35-,40-39-,43-36-,44-42-,50-48-,56-54-,62-60-. The van der Waals surface area contributed by atoms with E-state index in [9.17, 15) is 14.7 Å². The zero-order valence-electron chi connectivity index (χ0n) is 55.0. The minimum absolute atomic E-state index is 0.0862. The Morgan fingerprint density at radius 3 is 0.698 bits per heavy atom. The molecule has 0 aromatic rings. The monoisotopic (exact) mass is 1180 g/mol. The maximum Gasteiger partial charge on any atom is 0.306 e. The molecule has 0 aromatic carbocycles.